The summed E-state index contributed by atoms with van der Waals surface area (Å²) in [6.45, 7) is 0. The van der Waals surface area contributed by atoms with E-state index in [9.17, 15) is 0 Å². The Morgan fingerprint density at radius 1 is 1.27 bits per heavy atom. The van der Waals surface area contributed by atoms with E-state index in [-0.39, 0.29) is 0 Å². The first-order valence-corrected chi connectivity index (χ1v) is 7.78. The fourth-order valence-electron chi connectivity index (χ4n) is 1.62. The fraction of sp³-hybridized carbons (Fsp3) is 0.0625. The van der Waals surface area contributed by atoms with Crippen LogP contribution in [0.5, 0.6) is 0 Å². The Morgan fingerprint density at radius 2 is 2.05 bits per heavy atom. The molecule has 4 nitrogen and oxygen atoms in total. The number of amidine groups is 1. The molecule has 2 aromatic rings. The van der Waals surface area contributed by atoms with E-state index in [0.717, 1.165) is 11.3 Å². The van der Waals surface area contributed by atoms with Gasteiger partial charge in [-0.3, -0.25) is 0 Å². The Bertz CT molecular complexity index is 736. The number of thioether (sulfide) groups is 1. The molecule has 0 heterocycles. The Labute approximate surface area is 138 Å². The second kappa shape index (κ2) is 8.23. The van der Waals surface area contributed by atoms with Crippen molar-refractivity contribution in [3.8, 4) is 6.07 Å². The molecule has 0 fully saturated rings. The highest BCUT2D eigenvalue weighted by Crippen LogP contribution is 2.16. The molecule has 110 valence electrons. The second-order valence-corrected chi connectivity index (χ2v) is 5.71. The van der Waals surface area contributed by atoms with Gasteiger partial charge < -0.3 is 5.73 Å². The molecule has 0 unspecified atom stereocenters. The van der Waals surface area contributed by atoms with Crippen molar-refractivity contribution in [1.82, 2.24) is 0 Å². The number of hydrogen-bond acceptors (Lipinski definition) is 4. The Kier molecular flexibility index (Phi) is 6.01. The van der Waals surface area contributed by atoms with E-state index in [4.69, 9.17) is 22.6 Å². The number of halogens is 1. The van der Waals surface area contributed by atoms with Crippen LogP contribution in [0.25, 0.3) is 0 Å². The monoisotopic (exact) mass is 328 g/mol. The summed E-state index contributed by atoms with van der Waals surface area (Å²) in [6, 6.07) is 17.0. The number of nitriles is 1. The third-order valence-electron chi connectivity index (χ3n) is 2.71. The van der Waals surface area contributed by atoms with Crippen LogP contribution >= 0.6 is 23.4 Å². The lowest BCUT2D eigenvalue weighted by Gasteiger charge is -1.99. The predicted octanol–water partition coefficient (Wildman–Crippen LogP) is 3.79. The van der Waals surface area contributed by atoms with Gasteiger partial charge in [-0.05, 0) is 23.3 Å². The van der Waals surface area contributed by atoms with Gasteiger partial charge >= 0.3 is 0 Å². The molecule has 0 amide bonds. The number of rotatable bonds is 4. The van der Waals surface area contributed by atoms with Crippen molar-refractivity contribution in [2.75, 3.05) is 0 Å². The van der Waals surface area contributed by atoms with Crippen LogP contribution < -0.4 is 5.73 Å². The molecule has 0 spiro atoms. The van der Waals surface area contributed by atoms with Crippen LogP contribution in [-0.2, 0) is 5.75 Å². The van der Waals surface area contributed by atoms with Gasteiger partial charge in [-0.25, -0.2) is 0 Å². The average Bonchev–Trinajstić information content (AvgIpc) is 2.54. The van der Waals surface area contributed by atoms with Crippen molar-refractivity contribution in [3.05, 3.63) is 70.2 Å². The van der Waals surface area contributed by atoms with E-state index in [2.05, 4.69) is 10.2 Å². The molecule has 0 aliphatic carbocycles. The molecule has 0 aliphatic rings. The summed E-state index contributed by atoms with van der Waals surface area (Å²) in [5, 5.41) is 17.4. The summed E-state index contributed by atoms with van der Waals surface area (Å²) in [5.74, 6) is 0.744. The van der Waals surface area contributed by atoms with E-state index in [1.54, 1.807) is 24.4 Å². The summed E-state index contributed by atoms with van der Waals surface area (Å²) in [5.41, 5.74) is 8.15. The Balaban J connectivity index is 1.93. The molecule has 22 heavy (non-hydrogen) atoms. The Morgan fingerprint density at radius 3 is 2.73 bits per heavy atom. The largest absolute Gasteiger partial charge is 0.377 e. The van der Waals surface area contributed by atoms with Gasteiger partial charge in [0.15, 0.2) is 5.17 Å². The highest BCUT2D eigenvalue weighted by molar-refractivity contribution is 8.13. The van der Waals surface area contributed by atoms with Gasteiger partial charge in [-0.2, -0.15) is 10.4 Å². The molecule has 6 heteroatoms. The van der Waals surface area contributed by atoms with E-state index < -0.39 is 0 Å². The highest BCUT2D eigenvalue weighted by atomic mass is 35.5. The number of benzene rings is 2. The minimum atomic E-state index is 0.389. The van der Waals surface area contributed by atoms with Crippen molar-refractivity contribution < 1.29 is 0 Å². The Hall–Kier alpha value is -2.29. The maximum atomic E-state index is 8.80. The lowest BCUT2D eigenvalue weighted by atomic mass is 10.2. The molecule has 0 aliphatic heterocycles. The minimum Gasteiger partial charge on any atom is -0.377 e. The molecule has 0 aromatic heterocycles. The molecule has 2 aromatic carbocycles. The third kappa shape index (κ3) is 4.92. The smallest absolute Gasteiger partial charge is 0.180 e. The van der Waals surface area contributed by atoms with Gasteiger partial charge in [0, 0.05) is 5.75 Å². The van der Waals surface area contributed by atoms with Crippen LogP contribution in [0.4, 0.5) is 0 Å². The summed E-state index contributed by atoms with van der Waals surface area (Å²) in [6.07, 6.45) is 1.54. The fourth-order valence-corrected chi connectivity index (χ4v) is 2.46. The van der Waals surface area contributed by atoms with E-state index >= 15 is 0 Å². The van der Waals surface area contributed by atoms with Crippen molar-refractivity contribution in [3.63, 3.8) is 0 Å². The zero-order chi connectivity index (χ0) is 15.8. The predicted molar refractivity (Wildman–Crippen MR) is 93.1 cm³/mol. The van der Waals surface area contributed by atoms with Crippen LogP contribution in [0.1, 0.15) is 16.7 Å². The quantitative estimate of drug-likeness (QED) is 0.527. The molecule has 2 N–H and O–H groups in total. The van der Waals surface area contributed by atoms with Gasteiger partial charge in [0.05, 0.1) is 16.8 Å². The van der Waals surface area contributed by atoms with Gasteiger partial charge in [-0.1, -0.05) is 59.8 Å². The first-order chi connectivity index (χ1) is 10.7. The summed E-state index contributed by atoms with van der Waals surface area (Å²) in [4.78, 5) is 0. The van der Waals surface area contributed by atoms with E-state index in [1.807, 2.05) is 36.4 Å². The molecule has 0 saturated heterocycles. The zero-order valence-electron chi connectivity index (χ0n) is 11.6. The molecular formula is C16H13ClN4S. The third-order valence-corrected chi connectivity index (χ3v) is 3.87. The second-order valence-electron chi connectivity index (χ2n) is 4.31. The maximum Gasteiger partial charge on any atom is 0.180 e. The summed E-state index contributed by atoms with van der Waals surface area (Å²) >= 11 is 7.36. The molecule has 2 rings (SSSR count). The molecule has 0 bridgehead atoms. The molecule has 0 saturated carbocycles. The zero-order valence-corrected chi connectivity index (χ0v) is 13.2. The maximum absolute atomic E-state index is 8.80. The number of nitrogens with zero attached hydrogens (tertiary/aromatic N) is 3. The molecule has 0 radical (unpaired) electrons. The van der Waals surface area contributed by atoms with Gasteiger partial charge in [0.1, 0.15) is 6.07 Å². The number of nitrogens with two attached hydrogens (primary N) is 1. The topological polar surface area (TPSA) is 74.5 Å². The van der Waals surface area contributed by atoms with Crippen molar-refractivity contribution in [1.29, 1.82) is 5.26 Å². The minimum absolute atomic E-state index is 0.389. The average molecular weight is 329 g/mol. The van der Waals surface area contributed by atoms with E-state index in [1.165, 1.54) is 17.3 Å². The first-order valence-electron chi connectivity index (χ1n) is 6.42. The molecule has 0 atom stereocenters. The van der Waals surface area contributed by atoms with Gasteiger partial charge in [0.2, 0.25) is 0 Å². The van der Waals surface area contributed by atoms with E-state index in [0.29, 0.717) is 15.8 Å². The summed E-state index contributed by atoms with van der Waals surface area (Å²) in [7, 11) is 0. The normalized spacial score (nSPS) is 11.5. The highest BCUT2D eigenvalue weighted by Gasteiger charge is 1.99. The van der Waals surface area contributed by atoms with Crippen LogP contribution in [0, 0.1) is 11.3 Å². The van der Waals surface area contributed by atoms with Crippen LogP contribution in [-0.4, -0.2) is 11.4 Å². The van der Waals surface area contributed by atoms with Crippen LogP contribution in [0.2, 0.25) is 5.02 Å². The lowest BCUT2D eigenvalue weighted by Crippen LogP contribution is -2.05. The lowest BCUT2D eigenvalue weighted by molar-refractivity contribution is 1.25. The van der Waals surface area contributed by atoms with Gasteiger partial charge in [-0.15, -0.1) is 5.10 Å². The van der Waals surface area contributed by atoms with Crippen molar-refractivity contribution in [2.45, 2.75) is 5.75 Å². The van der Waals surface area contributed by atoms with Crippen molar-refractivity contribution >= 4 is 34.7 Å². The van der Waals surface area contributed by atoms with Crippen LogP contribution in [0.15, 0.2) is 58.7 Å². The van der Waals surface area contributed by atoms with Gasteiger partial charge in [0.25, 0.3) is 0 Å². The number of hydrogen-bond donors (Lipinski definition) is 1. The SMILES string of the molecule is N#Cc1ccc(C=NN=C(N)SCc2ccccc2)cc1Cl. The standard InChI is InChI=1S/C16H13ClN4S/c17-15-8-13(6-7-14(15)9-18)10-20-21-16(19)22-11-12-4-2-1-3-5-12/h1-8,10H,11H2,(H2,19,21). The molecular weight excluding hydrogens is 316 g/mol. The van der Waals surface area contributed by atoms with Crippen LogP contribution in [0.3, 0.4) is 0 Å². The first kappa shape index (κ1) is 16.1. The van der Waals surface area contributed by atoms with Crippen molar-refractivity contribution in [2.24, 2.45) is 15.9 Å². The summed E-state index contributed by atoms with van der Waals surface area (Å²) < 4.78 is 0.